The first-order valence-electron chi connectivity index (χ1n) is 11.2. The van der Waals surface area contributed by atoms with Gasteiger partial charge in [0.1, 0.15) is 22.9 Å². The van der Waals surface area contributed by atoms with Crippen LogP contribution in [0, 0.1) is 12.7 Å². The molecule has 1 fully saturated rings. The Kier molecular flexibility index (Phi) is 7.06. The lowest BCUT2D eigenvalue weighted by molar-refractivity contribution is 0.0888. The molecule has 3 N–H and O–H groups in total. The van der Waals surface area contributed by atoms with Crippen LogP contribution in [0.1, 0.15) is 52.0 Å². The number of aromatic hydroxyl groups is 1. The lowest BCUT2D eigenvalue weighted by atomic mass is 9.90. The second kappa shape index (κ2) is 10.3. The van der Waals surface area contributed by atoms with E-state index in [1.54, 1.807) is 24.3 Å². The first-order valence-corrected chi connectivity index (χ1v) is 11.2. The van der Waals surface area contributed by atoms with E-state index in [2.05, 4.69) is 15.6 Å². The summed E-state index contributed by atoms with van der Waals surface area (Å²) in [6.07, 6.45) is 4.33. The molecule has 1 heterocycles. The highest BCUT2D eigenvalue weighted by Gasteiger charge is 2.26. The Labute approximate surface area is 197 Å². The minimum atomic E-state index is -0.381. The second-order valence-electron chi connectivity index (χ2n) is 8.43. The summed E-state index contributed by atoms with van der Waals surface area (Å²) in [7, 11) is 0. The van der Waals surface area contributed by atoms with E-state index in [9.17, 15) is 19.1 Å². The highest BCUT2D eigenvalue weighted by Crippen LogP contribution is 2.25. The predicted molar refractivity (Wildman–Crippen MR) is 125 cm³/mol. The van der Waals surface area contributed by atoms with Gasteiger partial charge in [-0.25, -0.2) is 9.37 Å². The molecule has 0 aliphatic heterocycles. The zero-order valence-corrected chi connectivity index (χ0v) is 18.8. The van der Waals surface area contributed by atoms with Crippen molar-refractivity contribution < 1.29 is 23.8 Å². The maximum Gasteiger partial charge on any atom is 0.257 e. The summed E-state index contributed by atoms with van der Waals surface area (Å²) in [4.78, 5) is 29.6. The third kappa shape index (κ3) is 5.70. The van der Waals surface area contributed by atoms with E-state index in [0.717, 1.165) is 5.56 Å². The summed E-state index contributed by atoms with van der Waals surface area (Å²) in [5, 5.41) is 16.0. The van der Waals surface area contributed by atoms with Crippen molar-refractivity contribution in [2.75, 3.05) is 0 Å². The van der Waals surface area contributed by atoms with Crippen LogP contribution in [0.3, 0.4) is 0 Å². The molecular weight excluding hydrogens is 437 g/mol. The third-order valence-electron chi connectivity index (χ3n) is 5.84. The van der Waals surface area contributed by atoms with E-state index in [4.69, 9.17) is 4.74 Å². The maximum atomic E-state index is 13.1. The molecular formula is C26H26FN3O4. The van der Waals surface area contributed by atoms with Gasteiger partial charge in [-0.2, -0.15) is 0 Å². The van der Waals surface area contributed by atoms with Gasteiger partial charge in [0.15, 0.2) is 0 Å². The van der Waals surface area contributed by atoms with Crippen molar-refractivity contribution in [1.29, 1.82) is 0 Å². The molecule has 34 heavy (non-hydrogen) atoms. The number of carbonyl (C=O) groups excluding carboxylic acids is 2. The summed E-state index contributed by atoms with van der Waals surface area (Å²) in [6, 6.07) is 13.6. The van der Waals surface area contributed by atoms with E-state index in [1.807, 2.05) is 6.92 Å². The van der Waals surface area contributed by atoms with Crippen molar-refractivity contribution in [1.82, 2.24) is 15.6 Å². The third-order valence-corrected chi connectivity index (χ3v) is 5.84. The molecule has 4 rings (SSSR count). The fourth-order valence-electron chi connectivity index (χ4n) is 4.00. The van der Waals surface area contributed by atoms with E-state index in [0.29, 0.717) is 31.4 Å². The van der Waals surface area contributed by atoms with Crippen LogP contribution in [0.4, 0.5) is 4.39 Å². The van der Waals surface area contributed by atoms with Gasteiger partial charge in [0, 0.05) is 18.3 Å². The molecule has 0 saturated heterocycles. The molecule has 0 atom stereocenters. The molecule has 2 aromatic carbocycles. The van der Waals surface area contributed by atoms with E-state index >= 15 is 0 Å². The zero-order valence-electron chi connectivity index (χ0n) is 18.8. The van der Waals surface area contributed by atoms with E-state index in [-0.39, 0.29) is 52.5 Å². The molecule has 7 nitrogen and oxygen atoms in total. The maximum absolute atomic E-state index is 13.1. The van der Waals surface area contributed by atoms with Crippen LogP contribution in [0.25, 0.3) is 0 Å². The average Bonchev–Trinajstić information content (AvgIpc) is 2.83. The fraction of sp³-hybridized carbons (Fsp3) is 0.269. The second-order valence-corrected chi connectivity index (χ2v) is 8.43. The van der Waals surface area contributed by atoms with Crippen LogP contribution >= 0.6 is 0 Å². The number of pyridine rings is 1. The van der Waals surface area contributed by atoms with Gasteiger partial charge >= 0.3 is 0 Å². The largest absolute Gasteiger partial charge is 0.507 e. The van der Waals surface area contributed by atoms with Crippen LogP contribution in [-0.4, -0.2) is 34.0 Å². The Bertz CT molecular complexity index is 1170. The number of phenols is 1. The van der Waals surface area contributed by atoms with Crippen molar-refractivity contribution in [3.63, 3.8) is 0 Å². The lowest BCUT2D eigenvalue weighted by Crippen LogP contribution is -2.43. The van der Waals surface area contributed by atoms with Crippen LogP contribution < -0.4 is 15.4 Å². The number of halogens is 1. The molecule has 1 aliphatic rings. The van der Waals surface area contributed by atoms with E-state index < -0.39 is 0 Å². The van der Waals surface area contributed by atoms with Gasteiger partial charge in [0.2, 0.25) is 5.88 Å². The SMILES string of the molecule is Cc1ccc(O)c(C(=O)NC2CCC(NC(=O)c3cccnc3Oc3ccc(F)cc3)CC2)c1. The van der Waals surface area contributed by atoms with Crippen molar-refractivity contribution >= 4 is 11.8 Å². The summed E-state index contributed by atoms with van der Waals surface area (Å²) < 4.78 is 18.8. The molecule has 0 bridgehead atoms. The number of phenolic OH excluding ortho intramolecular Hbond substituents is 1. The highest BCUT2D eigenvalue weighted by molar-refractivity contribution is 5.97. The Morgan fingerprint density at radius 1 is 0.941 bits per heavy atom. The molecule has 176 valence electrons. The number of hydrogen-bond donors (Lipinski definition) is 3. The number of ether oxygens (including phenoxy) is 1. The minimum absolute atomic E-state index is 0.0312. The van der Waals surface area contributed by atoms with Crippen molar-refractivity contribution in [3.8, 4) is 17.4 Å². The lowest BCUT2D eigenvalue weighted by Gasteiger charge is -2.30. The Balaban J connectivity index is 1.32. The van der Waals surface area contributed by atoms with Gasteiger partial charge in [0.05, 0.1) is 5.56 Å². The summed E-state index contributed by atoms with van der Waals surface area (Å²) >= 11 is 0. The van der Waals surface area contributed by atoms with Gasteiger partial charge in [0.25, 0.3) is 11.8 Å². The number of nitrogens with one attached hydrogen (secondary N) is 2. The van der Waals surface area contributed by atoms with Gasteiger partial charge in [-0.05, 0) is 81.1 Å². The number of nitrogens with zero attached hydrogens (tertiary/aromatic N) is 1. The quantitative estimate of drug-likeness (QED) is 0.500. The Hall–Kier alpha value is -3.94. The first kappa shape index (κ1) is 23.2. The van der Waals surface area contributed by atoms with Crippen LogP contribution in [0.15, 0.2) is 60.8 Å². The molecule has 1 aliphatic carbocycles. The molecule has 3 aromatic rings. The molecule has 1 aromatic heterocycles. The van der Waals surface area contributed by atoms with Crippen LogP contribution in [-0.2, 0) is 0 Å². The van der Waals surface area contributed by atoms with Gasteiger partial charge in [-0.3, -0.25) is 9.59 Å². The standard InChI is InChI=1S/C26H26FN3O4/c1-16-4-13-23(31)22(15-16)25(33)30-19-9-7-18(8-10-19)29-24(32)21-3-2-14-28-26(21)34-20-11-5-17(27)6-12-20/h2-6,11-15,18-19,31H,7-10H2,1H3,(H,29,32)(H,30,33). The number of amides is 2. The molecule has 2 amide bonds. The number of aromatic nitrogens is 1. The van der Waals surface area contributed by atoms with Gasteiger partial charge in [-0.1, -0.05) is 11.6 Å². The smallest absolute Gasteiger partial charge is 0.257 e. The highest BCUT2D eigenvalue weighted by atomic mass is 19.1. The number of hydrogen-bond acceptors (Lipinski definition) is 5. The Morgan fingerprint density at radius 3 is 2.21 bits per heavy atom. The summed E-state index contributed by atoms with van der Waals surface area (Å²) in [5.41, 5.74) is 1.45. The number of rotatable bonds is 6. The first-order chi connectivity index (χ1) is 16.4. The molecule has 0 radical (unpaired) electrons. The van der Waals surface area contributed by atoms with Crippen molar-refractivity contribution in [2.24, 2.45) is 0 Å². The number of benzene rings is 2. The fourth-order valence-corrected chi connectivity index (χ4v) is 4.00. The monoisotopic (exact) mass is 463 g/mol. The van der Waals surface area contributed by atoms with Crippen LogP contribution in [0.2, 0.25) is 0 Å². The topological polar surface area (TPSA) is 101 Å². The summed E-state index contributed by atoms with van der Waals surface area (Å²) in [6.45, 7) is 1.86. The number of carbonyl (C=O) groups is 2. The molecule has 1 saturated carbocycles. The average molecular weight is 464 g/mol. The van der Waals surface area contributed by atoms with Crippen molar-refractivity contribution in [3.05, 3.63) is 83.3 Å². The molecule has 0 unspecified atom stereocenters. The zero-order chi connectivity index (χ0) is 24.1. The normalized spacial score (nSPS) is 17.6. The van der Waals surface area contributed by atoms with Crippen molar-refractivity contribution in [2.45, 2.75) is 44.7 Å². The molecule has 8 heteroatoms. The Morgan fingerprint density at radius 2 is 1.56 bits per heavy atom. The van der Waals surface area contributed by atoms with E-state index in [1.165, 1.54) is 36.5 Å². The van der Waals surface area contributed by atoms with Gasteiger partial charge in [-0.15, -0.1) is 0 Å². The predicted octanol–water partition coefficient (Wildman–Crippen LogP) is 4.50. The number of aryl methyl sites for hydroxylation is 1. The molecule has 0 spiro atoms. The van der Waals surface area contributed by atoms with Gasteiger partial charge < -0.3 is 20.5 Å². The minimum Gasteiger partial charge on any atom is -0.507 e. The van der Waals surface area contributed by atoms with Crippen LogP contribution in [0.5, 0.6) is 17.4 Å². The summed E-state index contributed by atoms with van der Waals surface area (Å²) in [5.74, 6) is -0.502.